The van der Waals surface area contributed by atoms with E-state index in [1.807, 2.05) is 0 Å². The molecular weight excluding hydrogens is 250 g/mol. The van der Waals surface area contributed by atoms with Crippen molar-refractivity contribution < 1.29 is 0 Å². The summed E-state index contributed by atoms with van der Waals surface area (Å²) in [5.41, 5.74) is 3.44. The Hall–Kier alpha value is -0.470. The van der Waals surface area contributed by atoms with Crippen LogP contribution in [-0.4, -0.2) is 17.5 Å². The molecule has 2 unspecified atom stereocenters. The van der Waals surface area contributed by atoms with Crippen molar-refractivity contribution in [3.8, 4) is 0 Å². The number of thioether (sulfide) groups is 1. The minimum absolute atomic E-state index is 0.344. The molecule has 2 atom stereocenters. The van der Waals surface area contributed by atoms with Crippen molar-refractivity contribution in [2.45, 2.75) is 56.2 Å². The average Bonchev–Trinajstić information content (AvgIpc) is 2.91. The lowest BCUT2D eigenvalue weighted by molar-refractivity contribution is 0.358. The average molecular weight is 275 g/mol. The van der Waals surface area contributed by atoms with Gasteiger partial charge in [-0.1, -0.05) is 38.1 Å². The van der Waals surface area contributed by atoms with Crippen molar-refractivity contribution in [2.24, 2.45) is 0 Å². The van der Waals surface area contributed by atoms with Gasteiger partial charge in [0.15, 0.2) is 0 Å². The van der Waals surface area contributed by atoms with Gasteiger partial charge in [-0.05, 0) is 48.0 Å². The van der Waals surface area contributed by atoms with Gasteiger partial charge in [0.25, 0.3) is 0 Å². The van der Waals surface area contributed by atoms with Gasteiger partial charge in [0, 0.05) is 17.8 Å². The molecular formula is C17H25NS. The summed E-state index contributed by atoms with van der Waals surface area (Å²) in [7, 11) is 0. The molecule has 2 aliphatic rings. The monoisotopic (exact) mass is 275 g/mol. The summed E-state index contributed by atoms with van der Waals surface area (Å²) in [5, 5.41) is 4.69. The quantitative estimate of drug-likeness (QED) is 0.883. The third-order valence-electron chi connectivity index (χ3n) is 4.74. The summed E-state index contributed by atoms with van der Waals surface area (Å²) in [6, 6.07) is 9.61. The van der Waals surface area contributed by atoms with E-state index in [9.17, 15) is 0 Å². The predicted octanol–water partition coefficient (Wildman–Crippen LogP) is 4.28. The predicted molar refractivity (Wildman–Crippen MR) is 84.9 cm³/mol. The number of fused-ring (bicyclic) bond motifs is 1. The maximum absolute atomic E-state index is 3.84. The van der Waals surface area contributed by atoms with E-state index >= 15 is 0 Å². The Morgan fingerprint density at radius 2 is 2.11 bits per heavy atom. The molecule has 1 fully saturated rings. The van der Waals surface area contributed by atoms with Crippen molar-refractivity contribution in [1.82, 2.24) is 5.32 Å². The van der Waals surface area contributed by atoms with Crippen LogP contribution in [0.2, 0.25) is 0 Å². The van der Waals surface area contributed by atoms with Crippen LogP contribution < -0.4 is 5.32 Å². The van der Waals surface area contributed by atoms with E-state index in [0.29, 0.717) is 11.5 Å². The summed E-state index contributed by atoms with van der Waals surface area (Å²) in [6.45, 7) is 5.95. The standard InChI is InChI=1S/C17H25NS/c1-17(2)10-9-16(14-7-3-4-8-15(14)17)18-12-13-6-5-11-19-13/h3-4,7-8,13,16,18H,5-6,9-12H2,1-2H3. The second-order valence-electron chi connectivity index (χ2n) is 6.61. The molecule has 19 heavy (non-hydrogen) atoms. The van der Waals surface area contributed by atoms with Crippen LogP contribution >= 0.6 is 11.8 Å². The molecule has 0 amide bonds. The number of hydrogen-bond acceptors (Lipinski definition) is 2. The Kier molecular flexibility index (Phi) is 3.91. The smallest absolute Gasteiger partial charge is 0.0323 e. The molecule has 104 valence electrons. The van der Waals surface area contributed by atoms with Crippen molar-refractivity contribution in [2.75, 3.05) is 12.3 Å². The zero-order chi connectivity index (χ0) is 13.3. The normalized spacial score (nSPS) is 29.2. The number of nitrogens with one attached hydrogen (secondary N) is 1. The molecule has 0 radical (unpaired) electrons. The van der Waals surface area contributed by atoms with Crippen LogP contribution in [0, 0.1) is 0 Å². The van der Waals surface area contributed by atoms with Crippen LogP contribution in [0.5, 0.6) is 0 Å². The van der Waals surface area contributed by atoms with E-state index in [-0.39, 0.29) is 0 Å². The molecule has 0 bridgehead atoms. The minimum Gasteiger partial charge on any atom is -0.309 e. The lowest BCUT2D eigenvalue weighted by Crippen LogP contribution is -2.35. The van der Waals surface area contributed by atoms with Crippen LogP contribution in [0.1, 0.15) is 56.7 Å². The summed E-state index contributed by atoms with van der Waals surface area (Å²) in [5.74, 6) is 1.36. The maximum atomic E-state index is 3.84. The number of hydrogen-bond donors (Lipinski definition) is 1. The molecule has 1 aliphatic heterocycles. The van der Waals surface area contributed by atoms with E-state index in [1.54, 1.807) is 11.1 Å². The summed E-state index contributed by atoms with van der Waals surface area (Å²) < 4.78 is 0. The lowest BCUT2D eigenvalue weighted by Gasteiger charge is -2.37. The van der Waals surface area contributed by atoms with E-state index in [2.05, 4.69) is 55.2 Å². The van der Waals surface area contributed by atoms with Crippen LogP contribution in [0.3, 0.4) is 0 Å². The SMILES string of the molecule is CC1(C)CCC(NCC2CCCS2)c2ccccc21. The van der Waals surface area contributed by atoms with Gasteiger partial charge in [-0.3, -0.25) is 0 Å². The Morgan fingerprint density at radius 1 is 1.26 bits per heavy atom. The summed E-state index contributed by atoms with van der Waals surface area (Å²) in [6.07, 6.45) is 5.38. The van der Waals surface area contributed by atoms with Crippen molar-refractivity contribution in [1.29, 1.82) is 0 Å². The van der Waals surface area contributed by atoms with Crippen LogP contribution in [0.4, 0.5) is 0 Å². The molecule has 0 spiro atoms. The fourth-order valence-electron chi connectivity index (χ4n) is 3.50. The maximum Gasteiger partial charge on any atom is 0.0323 e. The Bertz CT molecular complexity index is 435. The first-order valence-electron chi connectivity index (χ1n) is 7.61. The highest BCUT2D eigenvalue weighted by molar-refractivity contribution is 8.00. The molecule has 0 saturated carbocycles. The molecule has 3 rings (SSSR count). The molecule has 2 heteroatoms. The molecule has 1 nitrogen and oxygen atoms in total. The van der Waals surface area contributed by atoms with E-state index in [1.165, 1.54) is 38.0 Å². The van der Waals surface area contributed by atoms with Crippen LogP contribution in [-0.2, 0) is 5.41 Å². The zero-order valence-corrected chi connectivity index (χ0v) is 12.9. The summed E-state index contributed by atoms with van der Waals surface area (Å²) >= 11 is 2.15. The molecule has 1 aromatic carbocycles. The molecule has 1 N–H and O–H groups in total. The highest BCUT2D eigenvalue weighted by Crippen LogP contribution is 2.41. The first kappa shape index (κ1) is 13.5. The molecule has 1 heterocycles. The van der Waals surface area contributed by atoms with E-state index in [0.717, 1.165) is 5.25 Å². The second-order valence-corrected chi connectivity index (χ2v) is 8.01. The molecule has 1 aromatic rings. The topological polar surface area (TPSA) is 12.0 Å². The van der Waals surface area contributed by atoms with Gasteiger partial charge in [-0.25, -0.2) is 0 Å². The highest BCUT2D eigenvalue weighted by Gasteiger charge is 2.32. The largest absolute Gasteiger partial charge is 0.309 e. The number of benzene rings is 1. The van der Waals surface area contributed by atoms with Gasteiger partial charge in [0.1, 0.15) is 0 Å². The molecule has 0 aromatic heterocycles. The van der Waals surface area contributed by atoms with Gasteiger partial charge in [0.2, 0.25) is 0 Å². The van der Waals surface area contributed by atoms with Gasteiger partial charge >= 0.3 is 0 Å². The third-order valence-corrected chi connectivity index (χ3v) is 6.14. The summed E-state index contributed by atoms with van der Waals surface area (Å²) in [4.78, 5) is 0. The number of rotatable bonds is 3. The van der Waals surface area contributed by atoms with Crippen molar-refractivity contribution in [3.63, 3.8) is 0 Å². The van der Waals surface area contributed by atoms with Gasteiger partial charge in [0.05, 0.1) is 0 Å². The minimum atomic E-state index is 0.344. The van der Waals surface area contributed by atoms with E-state index < -0.39 is 0 Å². The lowest BCUT2D eigenvalue weighted by atomic mass is 9.71. The first-order chi connectivity index (χ1) is 9.17. The first-order valence-corrected chi connectivity index (χ1v) is 8.66. The molecule has 1 saturated heterocycles. The van der Waals surface area contributed by atoms with Crippen molar-refractivity contribution in [3.05, 3.63) is 35.4 Å². The highest BCUT2D eigenvalue weighted by atomic mass is 32.2. The Balaban J connectivity index is 1.73. The molecule has 1 aliphatic carbocycles. The van der Waals surface area contributed by atoms with Gasteiger partial charge in [-0.15, -0.1) is 0 Å². The van der Waals surface area contributed by atoms with Gasteiger partial charge in [-0.2, -0.15) is 11.8 Å². The third kappa shape index (κ3) is 2.85. The second kappa shape index (κ2) is 5.49. The zero-order valence-electron chi connectivity index (χ0n) is 12.1. The Labute approximate surface area is 121 Å². The van der Waals surface area contributed by atoms with Crippen molar-refractivity contribution >= 4 is 11.8 Å². The van der Waals surface area contributed by atoms with Crippen LogP contribution in [0.25, 0.3) is 0 Å². The van der Waals surface area contributed by atoms with Crippen LogP contribution in [0.15, 0.2) is 24.3 Å². The fraction of sp³-hybridized carbons (Fsp3) is 0.647. The Morgan fingerprint density at radius 3 is 2.89 bits per heavy atom. The van der Waals surface area contributed by atoms with E-state index in [4.69, 9.17) is 0 Å². The van der Waals surface area contributed by atoms with Gasteiger partial charge < -0.3 is 5.32 Å². The fourth-order valence-corrected chi connectivity index (χ4v) is 4.72.